The van der Waals surface area contributed by atoms with Crippen molar-refractivity contribution in [2.75, 3.05) is 0 Å². The van der Waals surface area contributed by atoms with E-state index in [4.69, 9.17) is 5.11 Å². The zero-order valence-electron chi connectivity index (χ0n) is 12.5. The van der Waals surface area contributed by atoms with E-state index in [9.17, 15) is 14.7 Å². The van der Waals surface area contributed by atoms with Crippen molar-refractivity contribution in [2.45, 2.75) is 47.0 Å². The van der Waals surface area contributed by atoms with Crippen molar-refractivity contribution in [2.24, 2.45) is 17.3 Å². The Balaban J connectivity index is -0.00000112. The van der Waals surface area contributed by atoms with Crippen LogP contribution in [-0.4, -0.2) is 22.2 Å². The number of carbonyl (C=O) groups is 2. The summed E-state index contributed by atoms with van der Waals surface area (Å²) in [4.78, 5) is 22.2. The molecule has 0 heterocycles. The van der Waals surface area contributed by atoms with E-state index >= 15 is 0 Å². The Morgan fingerprint density at radius 1 is 1.06 bits per heavy atom. The number of hydrogen-bond acceptors (Lipinski definition) is 2. The Hall–Kier alpha value is -0.0600. The van der Waals surface area contributed by atoms with Crippen molar-refractivity contribution in [3.8, 4) is 0 Å². The minimum atomic E-state index is -1.12. The van der Waals surface area contributed by atoms with Crippen molar-refractivity contribution < 1.29 is 50.8 Å². The molecule has 0 amide bonds. The third-order valence-electron chi connectivity index (χ3n) is 2.54. The number of rotatable bonds is 7. The summed E-state index contributed by atoms with van der Waals surface area (Å²) in [6, 6.07) is 0. The second kappa shape index (κ2) is 8.11. The van der Waals surface area contributed by atoms with E-state index in [0.717, 1.165) is 0 Å². The molecule has 0 fully saturated rings. The summed E-state index contributed by atoms with van der Waals surface area (Å²) in [7, 11) is 0. The van der Waals surface area contributed by atoms with Gasteiger partial charge in [0.25, 0.3) is 0 Å². The van der Waals surface area contributed by atoms with Crippen LogP contribution in [0, 0.1) is 17.3 Å². The molecule has 0 aromatic heterocycles. The zero-order valence-corrected chi connectivity index (χ0v) is 13.5. The van der Waals surface area contributed by atoms with E-state index in [-0.39, 0.29) is 49.2 Å². The molecule has 0 aliphatic rings. The largest absolute Gasteiger partial charge is 1.00 e. The summed E-state index contributed by atoms with van der Waals surface area (Å²) in [5.74, 6) is -1.68. The van der Waals surface area contributed by atoms with Gasteiger partial charge < -0.3 is 11.6 Å². The van der Waals surface area contributed by atoms with Crippen LogP contribution >= 0.6 is 0 Å². The van der Waals surface area contributed by atoms with Crippen LogP contribution in [0.1, 0.15) is 48.4 Å². The minimum Gasteiger partial charge on any atom is -1.00 e. The van der Waals surface area contributed by atoms with E-state index in [1.807, 2.05) is 27.7 Å². The quantitative estimate of drug-likeness (QED) is 0.614. The van der Waals surface area contributed by atoms with E-state index in [0.29, 0.717) is 12.8 Å². The Kier molecular flexibility index (Phi) is 9.20. The molecule has 0 unspecified atom stereocenters. The van der Waals surface area contributed by atoms with E-state index in [2.05, 4.69) is 0 Å². The van der Waals surface area contributed by atoms with Gasteiger partial charge in [-0.2, -0.15) is 0 Å². The molecule has 96 valence electrons. The van der Waals surface area contributed by atoms with Gasteiger partial charge in [0.1, 0.15) is 0 Å². The number of carboxylic acids is 2. The maximum Gasteiger partial charge on any atom is 1.00 e. The van der Waals surface area contributed by atoms with Gasteiger partial charge in [-0.25, -0.2) is 0 Å². The van der Waals surface area contributed by atoms with Gasteiger partial charge in [0, 0.05) is 0 Å². The average Bonchev–Trinajstić information content (AvgIpc) is 1.98. The Bertz CT molecular complexity index is 257. The maximum absolute atomic E-state index is 11.4. The van der Waals surface area contributed by atoms with E-state index in [1.54, 1.807) is 0 Å². The van der Waals surface area contributed by atoms with Gasteiger partial charge in [-0.05, 0) is 24.7 Å². The molecule has 0 saturated heterocycles. The molecule has 0 radical (unpaired) electrons. The fraction of sp³-hybridized carbons (Fsp3) is 0.833. The first-order chi connectivity index (χ1) is 7.19. The molecule has 0 saturated carbocycles. The summed E-state index contributed by atoms with van der Waals surface area (Å²) in [5, 5.41) is 18.2. The predicted octanol–water partition coefficient (Wildman–Crippen LogP) is -0.259. The first-order valence-electron chi connectivity index (χ1n) is 5.65. The van der Waals surface area contributed by atoms with Gasteiger partial charge in [-0.3, -0.25) is 9.59 Å². The molecule has 4 nitrogen and oxygen atoms in total. The van der Waals surface area contributed by atoms with Crippen molar-refractivity contribution in [3.63, 3.8) is 0 Å². The van der Waals surface area contributed by atoms with Crippen molar-refractivity contribution in [3.05, 3.63) is 0 Å². The van der Waals surface area contributed by atoms with Crippen molar-refractivity contribution >= 4 is 11.9 Å². The molecule has 0 bridgehead atoms. The molecule has 0 rings (SSSR count). The van der Waals surface area contributed by atoms with E-state index < -0.39 is 17.4 Å². The standard InChI is InChI=1S/C12H22O4.Na.H/c1-8(2)5-12(11(15)16,6-9(3)4)7-10(13)14;;/h8-9H,5-7H2,1-4H3,(H,13,14)(H,15,16);;/q;+1;-1. The number of carboxylic acid groups (broad SMARTS) is 2. The van der Waals surface area contributed by atoms with Gasteiger partial charge in [-0.15, -0.1) is 0 Å². The second-order valence-electron chi connectivity index (χ2n) is 5.35. The molecule has 0 atom stereocenters. The molecule has 0 aromatic carbocycles. The Labute approximate surface area is 127 Å². The Morgan fingerprint density at radius 2 is 1.41 bits per heavy atom. The van der Waals surface area contributed by atoms with Gasteiger partial charge in [0.2, 0.25) is 0 Å². The molecule has 0 aliphatic carbocycles. The SMILES string of the molecule is CC(C)CC(CC(=O)O)(CC(C)C)C(=O)O.[H-].[Na+]. The first kappa shape index (κ1) is 19.3. The van der Waals surface area contributed by atoms with Crippen molar-refractivity contribution in [1.82, 2.24) is 0 Å². The van der Waals surface area contributed by atoms with E-state index in [1.165, 1.54) is 0 Å². The summed E-state index contributed by atoms with van der Waals surface area (Å²) in [6.07, 6.45) is 0.526. The van der Waals surface area contributed by atoms with Gasteiger partial charge in [0.05, 0.1) is 11.8 Å². The van der Waals surface area contributed by atoms with Crippen LogP contribution in [-0.2, 0) is 9.59 Å². The number of hydrogen-bond donors (Lipinski definition) is 2. The molecule has 5 heteroatoms. The van der Waals surface area contributed by atoms with Crippen LogP contribution in [0.15, 0.2) is 0 Å². The monoisotopic (exact) mass is 254 g/mol. The van der Waals surface area contributed by atoms with Crippen molar-refractivity contribution in [1.29, 1.82) is 0 Å². The van der Waals surface area contributed by atoms with Gasteiger partial charge >= 0.3 is 41.5 Å². The average molecular weight is 254 g/mol. The maximum atomic E-state index is 11.4. The fourth-order valence-electron chi connectivity index (χ4n) is 2.33. The Morgan fingerprint density at radius 3 is 1.59 bits per heavy atom. The molecule has 0 aromatic rings. The predicted molar refractivity (Wildman–Crippen MR) is 62.3 cm³/mol. The summed E-state index contributed by atoms with van der Waals surface area (Å²) < 4.78 is 0. The topological polar surface area (TPSA) is 74.6 Å². The molecule has 0 spiro atoms. The van der Waals surface area contributed by atoms with Gasteiger partial charge in [0.15, 0.2) is 0 Å². The third-order valence-corrected chi connectivity index (χ3v) is 2.54. The fourth-order valence-corrected chi connectivity index (χ4v) is 2.33. The zero-order chi connectivity index (χ0) is 12.9. The molecular formula is C12H23NaO4. The summed E-state index contributed by atoms with van der Waals surface area (Å²) in [6.45, 7) is 7.67. The van der Waals surface area contributed by atoms with Crippen LogP contribution in [0.4, 0.5) is 0 Å². The van der Waals surface area contributed by atoms with Crippen LogP contribution in [0.25, 0.3) is 0 Å². The van der Waals surface area contributed by atoms with Crippen LogP contribution in [0.5, 0.6) is 0 Å². The number of aliphatic carboxylic acids is 2. The molecule has 0 aliphatic heterocycles. The summed E-state index contributed by atoms with van der Waals surface area (Å²) in [5.41, 5.74) is -1.12. The van der Waals surface area contributed by atoms with Crippen LogP contribution in [0.3, 0.4) is 0 Å². The summed E-state index contributed by atoms with van der Waals surface area (Å²) >= 11 is 0. The third kappa shape index (κ3) is 7.06. The first-order valence-corrected chi connectivity index (χ1v) is 5.65. The second-order valence-corrected chi connectivity index (χ2v) is 5.35. The van der Waals surface area contributed by atoms with Crippen LogP contribution < -0.4 is 29.6 Å². The van der Waals surface area contributed by atoms with Gasteiger partial charge in [-0.1, -0.05) is 27.7 Å². The normalized spacial score (nSPS) is 11.4. The minimum absolute atomic E-state index is 0. The molecule has 17 heavy (non-hydrogen) atoms. The molecular weight excluding hydrogens is 231 g/mol. The smallest absolute Gasteiger partial charge is 1.00 e. The van der Waals surface area contributed by atoms with Crippen LogP contribution in [0.2, 0.25) is 0 Å². The molecule has 2 N–H and O–H groups in total.